The molecule has 0 aliphatic heterocycles. The minimum absolute atomic E-state index is 0.905. The van der Waals surface area contributed by atoms with Crippen molar-refractivity contribution in [2.45, 2.75) is 12.8 Å². The first-order chi connectivity index (χ1) is 26.7. The molecule has 0 radical (unpaired) electrons. The van der Waals surface area contributed by atoms with Crippen molar-refractivity contribution >= 4 is 10.8 Å². The summed E-state index contributed by atoms with van der Waals surface area (Å²) < 4.78 is 0. The smallest absolute Gasteiger partial charge is 0.0715 e. The topological polar surface area (TPSA) is 12.9 Å². The zero-order chi connectivity index (χ0) is 35.6. The van der Waals surface area contributed by atoms with E-state index in [9.17, 15) is 0 Å². The molecule has 9 aromatic rings. The molecule has 54 heavy (non-hydrogen) atoms. The van der Waals surface area contributed by atoms with Crippen LogP contribution in [0.4, 0.5) is 0 Å². The van der Waals surface area contributed by atoms with Crippen LogP contribution in [0.2, 0.25) is 0 Å². The lowest BCUT2D eigenvalue weighted by molar-refractivity contribution is 1.25. The maximum Gasteiger partial charge on any atom is 0.0715 e. The van der Waals surface area contributed by atoms with Gasteiger partial charge in [0, 0.05) is 11.1 Å². The molecular weight excluding hydrogens is 651 g/mol. The first-order valence-electron chi connectivity index (χ1n) is 18.9. The molecular formula is C53H35N. The third-order valence-corrected chi connectivity index (χ3v) is 11.5. The molecule has 11 rings (SSSR count). The van der Waals surface area contributed by atoms with Crippen molar-refractivity contribution < 1.29 is 0 Å². The zero-order valence-corrected chi connectivity index (χ0v) is 29.8. The van der Waals surface area contributed by atoms with Gasteiger partial charge in [0.15, 0.2) is 0 Å². The summed E-state index contributed by atoms with van der Waals surface area (Å²) in [7, 11) is 0. The average Bonchev–Trinajstić information content (AvgIpc) is 3.82. The number of benzene rings is 8. The minimum Gasteiger partial charge on any atom is -0.248 e. The number of rotatable bonds is 5. The highest BCUT2D eigenvalue weighted by molar-refractivity contribution is 5.93. The van der Waals surface area contributed by atoms with E-state index in [1.165, 1.54) is 88.7 Å². The van der Waals surface area contributed by atoms with Crippen LogP contribution in [-0.2, 0) is 12.8 Å². The first kappa shape index (κ1) is 30.8. The van der Waals surface area contributed by atoms with Crippen LogP contribution in [0.1, 0.15) is 22.3 Å². The fourth-order valence-electron chi connectivity index (χ4n) is 8.91. The van der Waals surface area contributed by atoms with Gasteiger partial charge < -0.3 is 0 Å². The van der Waals surface area contributed by atoms with E-state index < -0.39 is 0 Å². The Kier molecular flexibility index (Phi) is 7.06. The van der Waals surface area contributed by atoms with Crippen LogP contribution in [-0.4, -0.2) is 4.98 Å². The van der Waals surface area contributed by atoms with E-state index in [4.69, 9.17) is 4.98 Å². The van der Waals surface area contributed by atoms with Crippen LogP contribution in [0, 0.1) is 0 Å². The summed E-state index contributed by atoms with van der Waals surface area (Å²) in [6, 6.07) is 68.9. The highest BCUT2D eigenvalue weighted by Crippen LogP contribution is 2.46. The molecule has 0 amide bonds. The molecule has 0 fully saturated rings. The second-order valence-corrected chi connectivity index (χ2v) is 14.7. The maximum atomic E-state index is 5.38. The van der Waals surface area contributed by atoms with Gasteiger partial charge in [-0.1, -0.05) is 158 Å². The van der Waals surface area contributed by atoms with Crippen molar-refractivity contribution in [1.29, 1.82) is 0 Å². The van der Waals surface area contributed by atoms with Crippen LogP contribution < -0.4 is 0 Å². The normalized spacial score (nSPS) is 12.3. The molecule has 0 bridgehead atoms. The summed E-state index contributed by atoms with van der Waals surface area (Å²) in [5.41, 5.74) is 22.6. The third-order valence-electron chi connectivity index (χ3n) is 11.5. The Morgan fingerprint density at radius 2 is 0.833 bits per heavy atom. The van der Waals surface area contributed by atoms with Crippen molar-refractivity contribution in [2.24, 2.45) is 0 Å². The number of hydrogen-bond donors (Lipinski definition) is 0. The Morgan fingerprint density at radius 1 is 0.278 bits per heavy atom. The minimum atomic E-state index is 0.905. The quantitative estimate of drug-likeness (QED) is 0.176. The number of aromatic nitrogens is 1. The second-order valence-electron chi connectivity index (χ2n) is 14.7. The van der Waals surface area contributed by atoms with Gasteiger partial charge in [-0.3, -0.25) is 0 Å². The van der Waals surface area contributed by atoms with Crippen LogP contribution in [0.15, 0.2) is 188 Å². The van der Waals surface area contributed by atoms with Crippen molar-refractivity contribution in [3.8, 4) is 78.1 Å². The standard InChI is InChI=1S/C53H35N/c1-2-11-34(12-3-1)42-31-52(54-53(32-42)41-25-26-47-43(30-41)29-37-15-6-7-18-44(37)47)40-17-8-16-38(28-40)45-19-9-21-48-49-22-10-20-46(51(49)33-50(45)48)39-24-23-35-13-4-5-14-36(35)27-39/h1-28,30-32H,29,33H2. The Morgan fingerprint density at radius 3 is 1.63 bits per heavy atom. The van der Waals surface area contributed by atoms with Crippen molar-refractivity contribution in [3.63, 3.8) is 0 Å². The molecule has 8 aromatic carbocycles. The van der Waals surface area contributed by atoms with Crippen molar-refractivity contribution in [2.75, 3.05) is 0 Å². The molecule has 1 nitrogen and oxygen atoms in total. The molecule has 0 atom stereocenters. The summed E-state index contributed by atoms with van der Waals surface area (Å²) >= 11 is 0. The van der Waals surface area contributed by atoms with E-state index in [-0.39, 0.29) is 0 Å². The molecule has 0 unspecified atom stereocenters. The lowest BCUT2D eigenvalue weighted by atomic mass is 9.93. The van der Waals surface area contributed by atoms with Gasteiger partial charge in [0.1, 0.15) is 0 Å². The predicted molar refractivity (Wildman–Crippen MR) is 225 cm³/mol. The maximum absolute atomic E-state index is 5.38. The summed E-state index contributed by atoms with van der Waals surface area (Å²) in [6.45, 7) is 0. The lowest BCUT2D eigenvalue weighted by Gasteiger charge is -2.13. The molecule has 252 valence electrons. The third kappa shape index (κ3) is 5.12. The molecule has 0 saturated carbocycles. The van der Waals surface area contributed by atoms with E-state index >= 15 is 0 Å². The van der Waals surface area contributed by atoms with E-state index in [2.05, 4.69) is 188 Å². The Bertz CT molecular complexity index is 2930. The Labute approximate surface area is 315 Å². The molecule has 0 saturated heterocycles. The Hall–Kier alpha value is -6.83. The van der Waals surface area contributed by atoms with E-state index in [1.54, 1.807) is 0 Å². The highest BCUT2D eigenvalue weighted by atomic mass is 14.7. The van der Waals surface area contributed by atoms with Gasteiger partial charge in [0.2, 0.25) is 0 Å². The summed E-state index contributed by atoms with van der Waals surface area (Å²) in [5.74, 6) is 0. The average molecular weight is 686 g/mol. The van der Waals surface area contributed by atoms with E-state index in [0.29, 0.717) is 0 Å². The molecule has 0 spiro atoms. The number of pyridine rings is 1. The number of hydrogen-bond acceptors (Lipinski definition) is 1. The van der Waals surface area contributed by atoms with Gasteiger partial charge >= 0.3 is 0 Å². The van der Waals surface area contributed by atoms with Crippen molar-refractivity contribution in [3.05, 3.63) is 210 Å². The van der Waals surface area contributed by atoms with Gasteiger partial charge in [0.05, 0.1) is 11.4 Å². The van der Waals surface area contributed by atoms with Crippen LogP contribution in [0.5, 0.6) is 0 Å². The molecule has 1 aromatic heterocycles. The van der Waals surface area contributed by atoms with E-state index in [1.807, 2.05) is 0 Å². The first-order valence-corrected chi connectivity index (χ1v) is 18.9. The zero-order valence-electron chi connectivity index (χ0n) is 29.8. The molecule has 1 heteroatoms. The molecule has 0 N–H and O–H groups in total. The largest absolute Gasteiger partial charge is 0.248 e. The number of nitrogens with zero attached hydrogens (tertiary/aromatic N) is 1. The SMILES string of the molecule is c1ccc(-c2cc(-c3cccc(-c4cccc5c4Cc4c(-c6ccc7ccccc7c6)cccc4-5)c3)nc(-c3ccc4c(c3)Cc3ccccc3-4)c2)cc1. The number of fused-ring (bicyclic) bond motifs is 7. The van der Waals surface area contributed by atoms with Gasteiger partial charge in [-0.05, 0) is 132 Å². The molecule has 2 aliphatic carbocycles. The van der Waals surface area contributed by atoms with Gasteiger partial charge in [-0.2, -0.15) is 0 Å². The van der Waals surface area contributed by atoms with Gasteiger partial charge in [-0.15, -0.1) is 0 Å². The fraction of sp³-hybridized carbons (Fsp3) is 0.0377. The predicted octanol–water partition coefficient (Wildman–Crippen LogP) is 13.7. The van der Waals surface area contributed by atoms with Crippen LogP contribution in [0.3, 0.4) is 0 Å². The molecule has 2 aliphatic rings. The summed E-state index contributed by atoms with van der Waals surface area (Å²) in [5, 5.41) is 2.55. The summed E-state index contributed by atoms with van der Waals surface area (Å²) in [4.78, 5) is 5.38. The molecule has 1 heterocycles. The Balaban J connectivity index is 0.992. The van der Waals surface area contributed by atoms with Gasteiger partial charge in [0.25, 0.3) is 0 Å². The van der Waals surface area contributed by atoms with Gasteiger partial charge in [-0.25, -0.2) is 4.98 Å². The summed E-state index contributed by atoms with van der Waals surface area (Å²) in [6.07, 6.45) is 1.86. The van der Waals surface area contributed by atoms with Crippen molar-refractivity contribution in [1.82, 2.24) is 4.98 Å². The van der Waals surface area contributed by atoms with E-state index in [0.717, 1.165) is 35.4 Å². The second kappa shape index (κ2) is 12.4. The highest BCUT2D eigenvalue weighted by Gasteiger charge is 2.25. The lowest BCUT2D eigenvalue weighted by Crippen LogP contribution is -1.93. The monoisotopic (exact) mass is 685 g/mol. The fourth-order valence-corrected chi connectivity index (χ4v) is 8.91. The van der Waals surface area contributed by atoms with Crippen LogP contribution in [0.25, 0.3) is 88.9 Å². The van der Waals surface area contributed by atoms with Crippen LogP contribution >= 0.6 is 0 Å².